The van der Waals surface area contributed by atoms with Crippen molar-refractivity contribution in [2.24, 2.45) is 0 Å². The number of nitrogens with one attached hydrogen (secondary N) is 1. The van der Waals surface area contributed by atoms with Crippen molar-refractivity contribution in [3.63, 3.8) is 0 Å². The molecule has 1 unspecified atom stereocenters. The predicted molar refractivity (Wildman–Crippen MR) is 110 cm³/mol. The van der Waals surface area contributed by atoms with Gasteiger partial charge in [-0.05, 0) is 55.9 Å². The van der Waals surface area contributed by atoms with Gasteiger partial charge in [-0.2, -0.15) is 0 Å². The highest BCUT2D eigenvalue weighted by molar-refractivity contribution is 5.72. The molecule has 27 heavy (non-hydrogen) atoms. The summed E-state index contributed by atoms with van der Waals surface area (Å²) in [6, 6.07) is 18.0. The first-order valence-corrected chi connectivity index (χ1v) is 9.54. The van der Waals surface area contributed by atoms with Gasteiger partial charge in [-0.25, -0.2) is 0 Å². The Morgan fingerprint density at radius 2 is 1.81 bits per heavy atom. The maximum Gasteiger partial charge on any atom is 0.320 e. The van der Waals surface area contributed by atoms with E-state index in [0.29, 0.717) is 6.54 Å². The van der Waals surface area contributed by atoms with E-state index in [-0.39, 0.29) is 0 Å². The van der Waals surface area contributed by atoms with Gasteiger partial charge in [0, 0.05) is 6.54 Å². The second-order valence-electron chi connectivity index (χ2n) is 6.58. The van der Waals surface area contributed by atoms with Crippen molar-refractivity contribution in [1.82, 2.24) is 5.32 Å². The first-order chi connectivity index (χ1) is 13.1. The first kappa shape index (κ1) is 20.7. The molecule has 0 spiro atoms. The van der Waals surface area contributed by atoms with Crippen molar-refractivity contribution in [2.75, 3.05) is 13.2 Å². The molecule has 0 saturated carbocycles. The zero-order valence-corrected chi connectivity index (χ0v) is 15.9. The molecule has 4 heteroatoms. The summed E-state index contributed by atoms with van der Waals surface area (Å²) in [5.41, 5.74) is 2.46. The van der Waals surface area contributed by atoms with Gasteiger partial charge in [0.15, 0.2) is 0 Å². The van der Waals surface area contributed by atoms with E-state index in [1.54, 1.807) is 6.92 Å². The highest BCUT2D eigenvalue weighted by Gasteiger charge is 2.07. The minimum atomic E-state index is -0.843. The van der Waals surface area contributed by atoms with Crippen molar-refractivity contribution in [3.8, 4) is 5.75 Å². The van der Waals surface area contributed by atoms with E-state index >= 15 is 0 Å². The standard InChI is InChI=1S/C23H29NO3/c1-19(23(25)26)24-17-8-12-21-13-15-22(16-14-21)27-18-7-3-6-11-20-9-4-2-5-10-20/h2,4-5,8-10,12-16,19,24H,3,6-7,11,17-18H2,1H3,(H,25,26). The maximum atomic E-state index is 10.7. The van der Waals surface area contributed by atoms with Gasteiger partial charge in [-0.15, -0.1) is 0 Å². The Balaban J connectivity index is 1.59. The summed E-state index contributed by atoms with van der Waals surface area (Å²) in [5.74, 6) is 0.0396. The summed E-state index contributed by atoms with van der Waals surface area (Å²) >= 11 is 0. The highest BCUT2D eigenvalue weighted by atomic mass is 16.5. The molecule has 0 saturated heterocycles. The number of unbranched alkanes of at least 4 members (excludes halogenated alkanes) is 2. The number of ether oxygens (including phenoxy) is 1. The van der Waals surface area contributed by atoms with Crippen LogP contribution in [0.25, 0.3) is 6.08 Å². The number of carboxylic acid groups (broad SMARTS) is 1. The van der Waals surface area contributed by atoms with Crippen LogP contribution in [-0.2, 0) is 11.2 Å². The van der Waals surface area contributed by atoms with Gasteiger partial charge >= 0.3 is 5.97 Å². The van der Waals surface area contributed by atoms with Gasteiger partial charge in [0.05, 0.1) is 6.61 Å². The third-order valence-electron chi connectivity index (χ3n) is 4.32. The SMILES string of the molecule is CC(NCC=Cc1ccc(OCCCCCc2ccccc2)cc1)C(=O)O. The van der Waals surface area contributed by atoms with E-state index in [2.05, 4.69) is 35.6 Å². The lowest BCUT2D eigenvalue weighted by Gasteiger charge is -2.07. The van der Waals surface area contributed by atoms with Crippen LogP contribution in [0.4, 0.5) is 0 Å². The molecule has 0 amide bonds. The molecule has 0 bridgehead atoms. The average molecular weight is 367 g/mol. The number of aryl methyl sites for hydroxylation is 1. The van der Waals surface area contributed by atoms with Crippen LogP contribution in [0.2, 0.25) is 0 Å². The Bertz CT molecular complexity index is 695. The molecule has 2 aromatic rings. The van der Waals surface area contributed by atoms with Gasteiger partial charge in [0.2, 0.25) is 0 Å². The zero-order chi connectivity index (χ0) is 19.3. The number of carbonyl (C=O) groups is 1. The molecule has 144 valence electrons. The lowest BCUT2D eigenvalue weighted by Crippen LogP contribution is -2.33. The minimum Gasteiger partial charge on any atom is -0.494 e. The summed E-state index contributed by atoms with van der Waals surface area (Å²) in [6.07, 6.45) is 8.42. The van der Waals surface area contributed by atoms with Crippen LogP contribution in [0.15, 0.2) is 60.7 Å². The quantitative estimate of drug-likeness (QED) is 0.540. The number of benzene rings is 2. The zero-order valence-electron chi connectivity index (χ0n) is 15.9. The van der Waals surface area contributed by atoms with Crippen molar-refractivity contribution >= 4 is 12.0 Å². The Morgan fingerprint density at radius 1 is 1.07 bits per heavy atom. The minimum absolute atomic E-state index is 0.523. The molecule has 2 rings (SSSR count). The van der Waals surface area contributed by atoms with Crippen LogP contribution in [0.1, 0.15) is 37.3 Å². The molecule has 0 heterocycles. The number of hydrogen-bond acceptors (Lipinski definition) is 3. The Hall–Kier alpha value is -2.59. The summed E-state index contributed by atoms with van der Waals surface area (Å²) in [4.78, 5) is 10.7. The highest BCUT2D eigenvalue weighted by Crippen LogP contribution is 2.14. The van der Waals surface area contributed by atoms with E-state index in [0.717, 1.165) is 37.2 Å². The van der Waals surface area contributed by atoms with Gasteiger partial charge in [-0.3, -0.25) is 4.79 Å². The topological polar surface area (TPSA) is 58.6 Å². The fraction of sp³-hybridized carbons (Fsp3) is 0.348. The molecular formula is C23H29NO3. The summed E-state index contributed by atoms with van der Waals surface area (Å²) in [6.45, 7) is 2.89. The molecule has 0 aromatic heterocycles. The van der Waals surface area contributed by atoms with E-state index < -0.39 is 12.0 Å². The van der Waals surface area contributed by atoms with Gasteiger partial charge in [-0.1, -0.05) is 54.6 Å². The number of hydrogen-bond donors (Lipinski definition) is 2. The molecule has 0 fully saturated rings. The van der Waals surface area contributed by atoms with Crippen LogP contribution in [0.3, 0.4) is 0 Å². The smallest absolute Gasteiger partial charge is 0.320 e. The van der Waals surface area contributed by atoms with Crippen molar-refractivity contribution in [2.45, 2.75) is 38.6 Å². The van der Waals surface area contributed by atoms with E-state index in [9.17, 15) is 4.79 Å². The van der Waals surface area contributed by atoms with Crippen molar-refractivity contribution in [1.29, 1.82) is 0 Å². The lowest BCUT2D eigenvalue weighted by atomic mass is 10.1. The number of rotatable bonds is 12. The molecule has 1 atom stereocenters. The molecule has 0 aliphatic carbocycles. The molecule has 0 radical (unpaired) electrons. The second kappa shape index (κ2) is 11.9. The van der Waals surface area contributed by atoms with Crippen molar-refractivity contribution < 1.29 is 14.6 Å². The monoisotopic (exact) mass is 367 g/mol. The van der Waals surface area contributed by atoms with Crippen LogP contribution in [0.5, 0.6) is 5.75 Å². The van der Waals surface area contributed by atoms with Gasteiger partial charge in [0.25, 0.3) is 0 Å². The average Bonchev–Trinajstić information content (AvgIpc) is 2.69. The number of aliphatic carboxylic acids is 1. The summed E-state index contributed by atoms with van der Waals surface area (Å²) in [7, 11) is 0. The largest absolute Gasteiger partial charge is 0.494 e. The van der Waals surface area contributed by atoms with E-state index in [4.69, 9.17) is 9.84 Å². The molecule has 4 nitrogen and oxygen atoms in total. The predicted octanol–water partition coefficient (Wildman–Crippen LogP) is 4.55. The normalized spacial score (nSPS) is 12.2. The fourth-order valence-electron chi connectivity index (χ4n) is 2.64. The molecule has 0 aliphatic rings. The maximum absolute atomic E-state index is 10.7. The molecule has 0 aliphatic heterocycles. The lowest BCUT2D eigenvalue weighted by molar-refractivity contribution is -0.138. The van der Waals surface area contributed by atoms with E-state index in [1.807, 2.05) is 36.4 Å². The Kier molecular flexibility index (Phi) is 9.14. The van der Waals surface area contributed by atoms with Gasteiger partial charge < -0.3 is 15.2 Å². The first-order valence-electron chi connectivity index (χ1n) is 9.54. The van der Waals surface area contributed by atoms with E-state index in [1.165, 1.54) is 12.0 Å². The molecule has 2 N–H and O–H groups in total. The van der Waals surface area contributed by atoms with Crippen LogP contribution < -0.4 is 10.1 Å². The fourth-order valence-corrected chi connectivity index (χ4v) is 2.64. The number of carboxylic acids is 1. The van der Waals surface area contributed by atoms with Gasteiger partial charge in [0.1, 0.15) is 11.8 Å². The molecular weight excluding hydrogens is 338 g/mol. The Morgan fingerprint density at radius 3 is 2.52 bits per heavy atom. The molecule has 2 aromatic carbocycles. The Labute approximate surface area is 161 Å². The van der Waals surface area contributed by atoms with Crippen LogP contribution >= 0.6 is 0 Å². The van der Waals surface area contributed by atoms with Crippen molar-refractivity contribution in [3.05, 3.63) is 71.8 Å². The van der Waals surface area contributed by atoms with Crippen LogP contribution in [-0.4, -0.2) is 30.3 Å². The third-order valence-corrected chi connectivity index (χ3v) is 4.32. The summed E-state index contributed by atoms with van der Waals surface area (Å²) < 4.78 is 5.80. The third kappa shape index (κ3) is 8.56. The van der Waals surface area contributed by atoms with Crippen LogP contribution in [0, 0.1) is 0 Å². The second-order valence-corrected chi connectivity index (χ2v) is 6.58. The summed E-state index contributed by atoms with van der Waals surface area (Å²) in [5, 5.41) is 11.7.